The van der Waals surface area contributed by atoms with E-state index in [-0.39, 0.29) is 19.4 Å². The van der Waals surface area contributed by atoms with Crippen LogP contribution >= 0.6 is 0 Å². The van der Waals surface area contributed by atoms with Crippen molar-refractivity contribution in [1.82, 2.24) is 10.4 Å². The van der Waals surface area contributed by atoms with E-state index in [4.69, 9.17) is 5.11 Å². The lowest BCUT2D eigenvalue weighted by atomic mass is 10.1. The summed E-state index contributed by atoms with van der Waals surface area (Å²) < 4.78 is 0. The number of carboxylic acids is 1. The monoisotopic (exact) mass is 450 g/mol. The van der Waals surface area contributed by atoms with E-state index in [9.17, 15) is 19.5 Å². The average molecular weight is 450 g/mol. The van der Waals surface area contributed by atoms with Gasteiger partial charge in [-0.05, 0) is 40.1 Å². The van der Waals surface area contributed by atoms with Crippen LogP contribution in [0.2, 0.25) is 0 Å². The summed E-state index contributed by atoms with van der Waals surface area (Å²) in [6.07, 6.45) is -0.695. The molecule has 0 saturated carbocycles. The quantitative estimate of drug-likeness (QED) is 0.407. The summed E-state index contributed by atoms with van der Waals surface area (Å²) in [6.45, 7) is 1.78. The number of hydroxylamine groups is 1. The highest BCUT2D eigenvalue weighted by Crippen LogP contribution is 2.18. The van der Waals surface area contributed by atoms with Crippen molar-refractivity contribution in [3.8, 4) is 0 Å². The maximum atomic E-state index is 12.1. The van der Waals surface area contributed by atoms with Gasteiger partial charge in [0.15, 0.2) is 0 Å². The lowest BCUT2D eigenvalue weighted by molar-refractivity contribution is -0.151. The number of aliphatic hydroxyl groups excluding tert-OH is 1. The molecule has 0 fully saturated rings. The number of carboxylic acid groups (broad SMARTS) is 1. The van der Waals surface area contributed by atoms with Gasteiger partial charge in [-0.3, -0.25) is 14.5 Å². The van der Waals surface area contributed by atoms with Crippen LogP contribution in [0.1, 0.15) is 34.3 Å². The van der Waals surface area contributed by atoms with Crippen LogP contribution in [0, 0.1) is 0 Å². The number of amides is 1. The number of aliphatic hydroxyl groups is 1. The van der Waals surface area contributed by atoms with Gasteiger partial charge in [-0.2, -0.15) is 5.48 Å². The largest absolute Gasteiger partial charge is 0.481 e. The fraction of sp³-hybridized carbons (Fsp3) is 0.240. The molecule has 0 atom stereocenters. The molecule has 0 unspecified atom stereocenters. The Kier molecular flexibility index (Phi) is 8.51. The van der Waals surface area contributed by atoms with E-state index in [0.29, 0.717) is 25.2 Å². The van der Waals surface area contributed by atoms with E-state index in [0.717, 1.165) is 16.5 Å². The number of hydrogen-bond acceptors (Lipinski definition) is 6. The molecule has 0 heterocycles. The first kappa shape index (κ1) is 23.9. The Bertz CT molecular complexity index is 1110. The second kappa shape index (κ2) is 11.8. The van der Waals surface area contributed by atoms with Crippen molar-refractivity contribution in [2.24, 2.45) is 0 Å². The second-order valence-electron chi connectivity index (χ2n) is 7.61. The van der Waals surface area contributed by atoms with Crippen LogP contribution in [0.25, 0.3) is 10.8 Å². The van der Waals surface area contributed by atoms with Gasteiger partial charge in [0.1, 0.15) is 0 Å². The van der Waals surface area contributed by atoms with Crippen LogP contribution in [-0.2, 0) is 27.5 Å². The molecule has 0 aliphatic heterocycles. The Morgan fingerprint density at radius 1 is 0.848 bits per heavy atom. The van der Waals surface area contributed by atoms with E-state index in [1.54, 1.807) is 24.3 Å². The predicted octanol–water partition coefficient (Wildman–Crippen LogP) is 2.89. The Hall–Kier alpha value is -3.75. The Labute approximate surface area is 191 Å². The number of nitrogens with zero attached hydrogens (tertiary/aromatic N) is 1. The SMILES string of the molecule is O=C(O)CCC(=O)ONC(=O)c1ccc(CN(CCO)Cc2ccc3ccccc3c2)cc1. The summed E-state index contributed by atoms with van der Waals surface area (Å²) in [4.78, 5) is 40.7. The number of rotatable bonds is 10. The molecule has 0 radical (unpaired) electrons. The van der Waals surface area contributed by atoms with E-state index in [2.05, 4.69) is 40.1 Å². The normalized spacial score (nSPS) is 10.8. The van der Waals surface area contributed by atoms with E-state index in [1.807, 2.05) is 17.6 Å². The van der Waals surface area contributed by atoms with Crippen molar-refractivity contribution in [2.45, 2.75) is 25.9 Å². The van der Waals surface area contributed by atoms with E-state index in [1.165, 1.54) is 5.39 Å². The fourth-order valence-electron chi connectivity index (χ4n) is 3.39. The van der Waals surface area contributed by atoms with E-state index >= 15 is 0 Å². The molecule has 0 aromatic heterocycles. The van der Waals surface area contributed by atoms with Crippen LogP contribution in [0.3, 0.4) is 0 Å². The summed E-state index contributed by atoms with van der Waals surface area (Å²) in [5.41, 5.74) is 4.42. The molecule has 3 aromatic carbocycles. The van der Waals surface area contributed by atoms with Crippen molar-refractivity contribution >= 4 is 28.6 Å². The van der Waals surface area contributed by atoms with Gasteiger partial charge in [0.05, 0.1) is 19.4 Å². The summed E-state index contributed by atoms with van der Waals surface area (Å²) in [7, 11) is 0. The van der Waals surface area contributed by atoms with E-state index < -0.39 is 17.8 Å². The zero-order valence-corrected chi connectivity index (χ0v) is 18.1. The van der Waals surface area contributed by atoms with Crippen LogP contribution in [0.5, 0.6) is 0 Å². The van der Waals surface area contributed by atoms with Crippen molar-refractivity contribution < 1.29 is 29.4 Å². The maximum Gasteiger partial charge on any atom is 0.332 e. The minimum Gasteiger partial charge on any atom is -0.481 e. The summed E-state index contributed by atoms with van der Waals surface area (Å²) >= 11 is 0. The number of nitrogens with one attached hydrogen (secondary N) is 1. The standard InChI is InChI=1S/C25H26N2O6/c28-14-13-27(17-19-7-8-20-3-1-2-4-22(20)15-19)16-18-5-9-21(10-6-18)25(32)26-33-24(31)12-11-23(29)30/h1-10,15,28H,11-14,16-17H2,(H,26,32)(H,29,30). The minimum atomic E-state index is -1.12. The van der Waals surface area contributed by atoms with Crippen LogP contribution in [0.4, 0.5) is 0 Å². The number of carbonyl (C=O) groups is 3. The Morgan fingerprint density at radius 3 is 2.21 bits per heavy atom. The maximum absolute atomic E-state index is 12.1. The third-order valence-corrected chi connectivity index (χ3v) is 5.06. The molecule has 0 aliphatic carbocycles. The molecule has 0 spiro atoms. The molecular formula is C25H26N2O6. The highest BCUT2D eigenvalue weighted by molar-refractivity contribution is 5.94. The third kappa shape index (κ3) is 7.41. The molecule has 3 aromatic rings. The molecule has 0 saturated heterocycles. The number of carbonyl (C=O) groups excluding carboxylic acids is 2. The Morgan fingerprint density at radius 2 is 1.52 bits per heavy atom. The van der Waals surface area contributed by atoms with Gasteiger partial charge in [0, 0.05) is 25.2 Å². The Balaban J connectivity index is 1.57. The fourth-order valence-corrected chi connectivity index (χ4v) is 3.39. The molecule has 33 heavy (non-hydrogen) atoms. The average Bonchev–Trinajstić information content (AvgIpc) is 2.81. The number of benzene rings is 3. The van der Waals surface area contributed by atoms with Gasteiger partial charge in [-0.15, -0.1) is 0 Å². The summed E-state index contributed by atoms with van der Waals surface area (Å²) in [6, 6.07) is 21.3. The molecule has 0 bridgehead atoms. The predicted molar refractivity (Wildman–Crippen MR) is 122 cm³/mol. The molecule has 3 rings (SSSR count). The summed E-state index contributed by atoms with van der Waals surface area (Å²) in [5, 5.41) is 20.4. The third-order valence-electron chi connectivity index (χ3n) is 5.06. The first-order valence-electron chi connectivity index (χ1n) is 10.6. The second-order valence-corrected chi connectivity index (χ2v) is 7.61. The van der Waals surface area contributed by atoms with Crippen LogP contribution in [-0.4, -0.2) is 46.1 Å². The number of fused-ring (bicyclic) bond motifs is 1. The zero-order valence-electron chi connectivity index (χ0n) is 18.1. The molecule has 172 valence electrons. The van der Waals surface area contributed by atoms with Gasteiger partial charge in [0.25, 0.3) is 5.91 Å². The molecule has 8 nitrogen and oxygen atoms in total. The van der Waals surface area contributed by atoms with Crippen molar-refractivity contribution in [2.75, 3.05) is 13.2 Å². The highest BCUT2D eigenvalue weighted by atomic mass is 16.7. The molecule has 3 N–H and O–H groups in total. The van der Waals surface area contributed by atoms with Crippen LogP contribution in [0.15, 0.2) is 66.7 Å². The number of aliphatic carboxylic acids is 1. The summed E-state index contributed by atoms with van der Waals surface area (Å²) in [5.74, 6) is -2.55. The smallest absolute Gasteiger partial charge is 0.332 e. The highest BCUT2D eigenvalue weighted by Gasteiger charge is 2.12. The molecule has 1 amide bonds. The van der Waals surface area contributed by atoms with Crippen LogP contribution < -0.4 is 5.48 Å². The lowest BCUT2D eigenvalue weighted by Crippen LogP contribution is -2.27. The molecule has 8 heteroatoms. The lowest BCUT2D eigenvalue weighted by Gasteiger charge is -2.22. The van der Waals surface area contributed by atoms with Gasteiger partial charge in [-0.25, -0.2) is 4.79 Å². The first-order chi connectivity index (χ1) is 15.9. The number of hydrogen-bond donors (Lipinski definition) is 3. The van der Waals surface area contributed by atoms with Crippen molar-refractivity contribution in [3.63, 3.8) is 0 Å². The van der Waals surface area contributed by atoms with Gasteiger partial charge in [0.2, 0.25) is 0 Å². The van der Waals surface area contributed by atoms with Crippen molar-refractivity contribution in [1.29, 1.82) is 0 Å². The van der Waals surface area contributed by atoms with Gasteiger partial charge in [-0.1, -0.05) is 48.5 Å². The molecular weight excluding hydrogens is 424 g/mol. The van der Waals surface area contributed by atoms with Gasteiger partial charge >= 0.3 is 11.9 Å². The van der Waals surface area contributed by atoms with Crippen molar-refractivity contribution in [3.05, 3.63) is 83.4 Å². The minimum absolute atomic E-state index is 0.0291. The topological polar surface area (TPSA) is 116 Å². The molecule has 0 aliphatic rings. The first-order valence-corrected chi connectivity index (χ1v) is 10.6. The van der Waals surface area contributed by atoms with Gasteiger partial charge < -0.3 is 15.1 Å². The zero-order chi connectivity index (χ0) is 23.6.